The van der Waals surface area contributed by atoms with Gasteiger partial charge in [0.05, 0.1) is 22.6 Å². The van der Waals surface area contributed by atoms with Gasteiger partial charge < -0.3 is 4.74 Å². The number of nitrogens with zero attached hydrogens (tertiary/aromatic N) is 1. The van der Waals surface area contributed by atoms with E-state index in [-0.39, 0.29) is 10.1 Å². The minimum absolute atomic E-state index is 0.0413. The third-order valence-electron chi connectivity index (χ3n) is 3.11. The molecule has 0 aliphatic rings. The number of rotatable bonds is 6. The second-order valence-corrected chi connectivity index (χ2v) is 8.09. The van der Waals surface area contributed by atoms with E-state index in [0.29, 0.717) is 13.0 Å². The van der Waals surface area contributed by atoms with Crippen molar-refractivity contribution in [3.63, 3.8) is 0 Å². The van der Waals surface area contributed by atoms with E-state index in [1.54, 1.807) is 0 Å². The quantitative estimate of drug-likeness (QED) is 0.648. The van der Waals surface area contributed by atoms with E-state index in [2.05, 4.69) is 4.98 Å². The number of benzene rings is 2. The third-order valence-corrected chi connectivity index (χ3v) is 6.40. The molecule has 0 unspecified atom stereocenters. The molecule has 3 aromatic rings. The lowest BCUT2D eigenvalue weighted by molar-refractivity contribution is 0.317. The second kappa shape index (κ2) is 6.46. The standard InChI is InChI=1S/C16H15NO3S2/c18-22(19,12-6-11-20-13-7-2-1-3-8-13)16-17-14-9-4-5-10-15(14)21-16/h1-5,7-10H,6,11-12H2. The van der Waals surface area contributed by atoms with Crippen molar-refractivity contribution in [2.24, 2.45) is 0 Å². The lowest BCUT2D eigenvalue weighted by Crippen LogP contribution is -2.10. The lowest BCUT2D eigenvalue weighted by atomic mass is 10.3. The lowest BCUT2D eigenvalue weighted by Gasteiger charge is -2.05. The Morgan fingerprint density at radius 2 is 1.73 bits per heavy atom. The fraction of sp³-hybridized carbons (Fsp3) is 0.188. The summed E-state index contributed by atoms with van der Waals surface area (Å²) in [5.74, 6) is 0.791. The second-order valence-electron chi connectivity index (χ2n) is 4.78. The predicted octanol–water partition coefficient (Wildman–Crippen LogP) is 3.54. The summed E-state index contributed by atoms with van der Waals surface area (Å²) in [6.45, 7) is 0.369. The van der Waals surface area contributed by atoms with Gasteiger partial charge in [-0.2, -0.15) is 0 Å². The van der Waals surface area contributed by atoms with Gasteiger partial charge in [-0.1, -0.05) is 30.3 Å². The molecule has 0 spiro atoms. The first-order valence-electron chi connectivity index (χ1n) is 6.91. The van der Waals surface area contributed by atoms with Crippen LogP contribution in [0.2, 0.25) is 0 Å². The number of hydrogen-bond acceptors (Lipinski definition) is 5. The molecule has 1 heterocycles. The zero-order valence-corrected chi connectivity index (χ0v) is 13.4. The molecule has 0 atom stereocenters. The smallest absolute Gasteiger partial charge is 0.210 e. The summed E-state index contributed by atoms with van der Waals surface area (Å²) in [5, 5.41) is 0. The Morgan fingerprint density at radius 1 is 1.00 bits per heavy atom. The van der Waals surface area contributed by atoms with Crippen LogP contribution in [0.25, 0.3) is 10.2 Å². The fourth-order valence-electron chi connectivity index (χ4n) is 2.03. The van der Waals surface area contributed by atoms with E-state index < -0.39 is 9.84 Å². The van der Waals surface area contributed by atoms with Gasteiger partial charge in [-0.05, 0) is 30.7 Å². The van der Waals surface area contributed by atoms with Gasteiger partial charge in [-0.15, -0.1) is 11.3 Å². The first-order chi connectivity index (χ1) is 10.6. The summed E-state index contributed by atoms with van der Waals surface area (Å²) in [5.41, 5.74) is 0.728. The summed E-state index contributed by atoms with van der Waals surface area (Å²) in [6, 6.07) is 16.8. The van der Waals surface area contributed by atoms with Crippen LogP contribution >= 0.6 is 11.3 Å². The maximum atomic E-state index is 12.3. The highest BCUT2D eigenvalue weighted by Crippen LogP contribution is 2.26. The zero-order chi connectivity index (χ0) is 15.4. The van der Waals surface area contributed by atoms with E-state index in [1.807, 2.05) is 54.6 Å². The molecule has 0 saturated heterocycles. The maximum Gasteiger partial charge on any atom is 0.210 e. The van der Waals surface area contributed by atoms with Gasteiger partial charge in [0.15, 0.2) is 0 Å². The zero-order valence-electron chi connectivity index (χ0n) is 11.8. The van der Waals surface area contributed by atoms with Crippen molar-refractivity contribution in [3.05, 3.63) is 54.6 Å². The molecule has 0 N–H and O–H groups in total. The molecule has 114 valence electrons. The summed E-state index contributed by atoms with van der Waals surface area (Å²) in [7, 11) is -3.35. The SMILES string of the molecule is O=S(=O)(CCCOc1ccccc1)c1nc2ccccc2s1. The summed E-state index contributed by atoms with van der Waals surface area (Å²) in [4.78, 5) is 4.21. The van der Waals surface area contributed by atoms with Crippen LogP contribution in [-0.4, -0.2) is 25.8 Å². The predicted molar refractivity (Wildman–Crippen MR) is 88.2 cm³/mol. The number of para-hydroxylation sites is 2. The molecule has 0 aliphatic heterocycles. The van der Waals surface area contributed by atoms with Crippen LogP contribution < -0.4 is 4.74 Å². The molecule has 3 rings (SSSR count). The summed E-state index contributed by atoms with van der Waals surface area (Å²) >= 11 is 1.22. The van der Waals surface area contributed by atoms with Crippen molar-refractivity contribution < 1.29 is 13.2 Å². The topological polar surface area (TPSA) is 56.3 Å². The summed E-state index contributed by atoms with van der Waals surface area (Å²) < 4.78 is 31.2. The van der Waals surface area contributed by atoms with Crippen molar-refractivity contribution in [2.75, 3.05) is 12.4 Å². The number of sulfone groups is 1. The highest BCUT2D eigenvalue weighted by molar-refractivity contribution is 7.93. The van der Waals surface area contributed by atoms with Crippen LogP contribution in [0.3, 0.4) is 0 Å². The van der Waals surface area contributed by atoms with Crippen LogP contribution in [0.15, 0.2) is 58.9 Å². The number of aromatic nitrogens is 1. The summed E-state index contributed by atoms with van der Waals surface area (Å²) in [6.07, 6.45) is 0.438. The van der Waals surface area contributed by atoms with Crippen LogP contribution in [0.1, 0.15) is 6.42 Å². The van der Waals surface area contributed by atoms with Gasteiger partial charge in [0.1, 0.15) is 5.75 Å². The molecule has 6 heteroatoms. The van der Waals surface area contributed by atoms with Crippen molar-refractivity contribution in [1.29, 1.82) is 0 Å². The number of fused-ring (bicyclic) bond motifs is 1. The number of thiazole rings is 1. The molecule has 2 aromatic carbocycles. The van der Waals surface area contributed by atoms with E-state index in [4.69, 9.17) is 4.74 Å². The Balaban J connectivity index is 1.61. The Bertz CT molecular complexity index is 824. The molecule has 0 aliphatic carbocycles. The van der Waals surface area contributed by atoms with Crippen molar-refractivity contribution in [2.45, 2.75) is 10.8 Å². The van der Waals surface area contributed by atoms with E-state index in [9.17, 15) is 8.42 Å². The average Bonchev–Trinajstić information content (AvgIpc) is 2.98. The first-order valence-corrected chi connectivity index (χ1v) is 9.38. The minimum atomic E-state index is -3.35. The molecule has 22 heavy (non-hydrogen) atoms. The Morgan fingerprint density at radius 3 is 2.50 bits per heavy atom. The molecular weight excluding hydrogens is 318 g/mol. The van der Waals surface area contributed by atoms with Crippen LogP contribution in [0.5, 0.6) is 5.75 Å². The van der Waals surface area contributed by atoms with Gasteiger partial charge in [0, 0.05) is 0 Å². The van der Waals surface area contributed by atoms with Gasteiger partial charge in [0.2, 0.25) is 14.2 Å². The van der Waals surface area contributed by atoms with Gasteiger partial charge in [0.25, 0.3) is 0 Å². The van der Waals surface area contributed by atoms with Crippen molar-refractivity contribution in [3.8, 4) is 5.75 Å². The molecule has 0 radical (unpaired) electrons. The molecule has 0 fully saturated rings. The molecule has 0 bridgehead atoms. The van der Waals surface area contributed by atoms with Crippen LogP contribution in [-0.2, 0) is 9.84 Å². The third kappa shape index (κ3) is 3.45. The number of hydrogen-bond donors (Lipinski definition) is 0. The van der Waals surface area contributed by atoms with E-state index in [1.165, 1.54) is 11.3 Å². The highest BCUT2D eigenvalue weighted by Gasteiger charge is 2.19. The average molecular weight is 333 g/mol. The Kier molecular flexibility index (Phi) is 4.40. The van der Waals surface area contributed by atoms with Crippen molar-refractivity contribution >= 4 is 31.4 Å². The van der Waals surface area contributed by atoms with Gasteiger partial charge in [-0.3, -0.25) is 0 Å². The minimum Gasteiger partial charge on any atom is -0.494 e. The van der Waals surface area contributed by atoms with E-state index in [0.717, 1.165) is 16.0 Å². The molecular formula is C16H15NO3S2. The molecule has 1 aromatic heterocycles. The van der Waals surface area contributed by atoms with Gasteiger partial charge in [-0.25, -0.2) is 13.4 Å². The first kappa shape index (κ1) is 15.0. The molecule has 0 amide bonds. The van der Waals surface area contributed by atoms with Crippen LogP contribution in [0.4, 0.5) is 0 Å². The normalized spacial score (nSPS) is 11.6. The Labute approximate surface area is 133 Å². The van der Waals surface area contributed by atoms with E-state index >= 15 is 0 Å². The fourth-order valence-corrected chi connectivity index (χ4v) is 4.66. The largest absolute Gasteiger partial charge is 0.494 e. The maximum absolute atomic E-state index is 12.3. The Hall–Kier alpha value is -1.92. The number of ether oxygens (including phenoxy) is 1. The van der Waals surface area contributed by atoms with Crippen LogP contribution in [0, 0.1) is 0 Å². The molecule has 4 nitrogen and oxygen atoms in total. The monoisotopic (exact) mass is 333 g/mol. The van der Waals surface area contributed by atoms with Gasteiger partial charge >= 0.3 is 0 Å². The highest BCUT2D eigenvalue weighted by atomic mass is 32.2. The van der Waals surface area contributed by atoms with Crippen molar-refractivity contribution in [1.82, 2.24) is 4.98 Å². The molecule has 0 saturated carbocycles.